The summed E-state index contributed by atoms with van der Waals surface area (Å²) >= 11 is 1.48. The molecule has 0 aliphatic heterocycles. The average molecular weight is 277 g/mol. The highest BCUT2D eigenvalue weighted by molar-refractivity contribution is 7.99. The minimum Gasteiger partial charge on any atom is -0.395 e. The number of carbonyl (C=O) groups is 2. The fourth-order valence-electron chi connectivity index (χ4n) is 1.53. The predicted octanol–water partition coefficient (Wildman–Crippen LogP) is -0.0921. The highest BCUT2D eigenvalue weighted by Crippen LogP contribution is 2.11. The van der Waals surface area contributed by atoms with Gasteiger partial charge in [0.25, 0.3) is 0 Å². The van der Waals surface area contributed by atoms with Crippen molar-refractivity contribution in [3.8, 4) is 0 Å². The van der Waals surface area contributed by atoms with Gasteiger partial charge in [0.1, 0.15) is 6.04 Å². The summed E-state index contributed by atoms with van der Waals surface area (Å²) in [6.45, 7) is 5.45. The van der Waals surface area contributed by atoms with E-state index in [9.17, 15) is 9.59 Å². The van der Waals surface area contributed by atoms with Crippen molar-refractivity contribution >= 4 is 23.7 Å². The summed E-state index contributed by atoms with van der Waals surface area (Å²) in [6, 6.07) is -1.57. The fourth-order valence-corrected chi connectivity index (χ4v) is 2.16. The Morgan fingerprint density at radius 1 is 1.28 bits per heavy atom. The van der Waals surface area contributed by atoms with Gasteiger partial charge in [-0.05, 0) is 19.1 Å². The lowest BCUT2D eigenvalue weighted by molar-refractivity contribution is -0.124. The molecule has 0 aromatic rings. The Morgan fingerprint density at radius 2 is 1.83 bits per heavy atom. The van der Waals surface area contributed by atoms with Crippen LogP contribution in [0.1, 0.15) is 20.8 Å². The molecule has 0 radical (unpaired) electrons. The molecule has 0 aromatic heterocycles. The second-order valence-electron chi connectivity index (χ2n) is 4.48. The van der Waals surface area contributed by atoms with Gasteiger partial charge in [0.15, 0.2) is 0 Å². The van der Waals surface area contributed by atoms with E-state index in [2.05, 4.69) is 10.6 Å². The number of nitrogens with one attached hydrogen (secondary N) is 2. The first kappa shape index (κ1) is 17.1. The van der Waals surface area contributed by atoms with E-state index in [1.807, 2.05) is 27.0 Å². The number of hydrogen-bond donors (Lipinski definition) is 4. The molecule has 0 aliphatic carbocycles. The van der Waals surface area contributed by atoms with Gasteiger partial charge >= 0.3 is 6.03 Å². The molecule has 5 N–H and O–H groups in total. The van der Waals surface area contributed by atoms with E-state index < -0.39 is 12.1 Å². The van der Waals surface area contributed by atoms with E-state index in [1.54, 1.807) is 0 Å². The van der Waals surface area contributed by atoms with E-state index in [4.69, 9.17) is 10.8 Å². The second-order valence-corrected chi connectivity index (χ2v) is 5.56. The van der Waals surface area contributed by atoms with Crippen LogP contribution in [0.3, 0.4) is 0 Å². The van der Waals surface area contributed by atoms with Crippen molar-refractivity contribution in [1.29, 1.82) is 0 Å². The molecule has 106 valence electrons. The summed E-state index contributed by atoms with van der Waals surface area (Å²) in [5.41, 5.74) is 5.04. The first-order valence-electron chi connectivity index (χ1n) is 5.83. The Bertz CT molecular complexity index is 283. The van der Waals surface area contributed by atoms with Gasteiger partial charge in [-0.1, -0.05) is 13.8 Å². The molecule has 3 unspecified atom stereocenters. The molecule has 0 saturated heterocycles. The number of hydrogen-bond acceptors (Lipinski definition) is 4. The highest BCUT2D eigenvalue weighted by Gasteiger charge is 2.26. The van der Waals surface area contributed by atoms with Crippen LogP contribution in [0.25, 0.3) is 0 Å². The van der Waals surface area contributed by atoms with Crippen molar-refractivity contribution in [2.75, 3.05) is 12.9 Å². The maximum Gasteiger partial charge on any atom is 0.312 e. The predicted molar refractivity (Wildman–Crippen MR) is 73.3 cm³/mol. The molecule has 7 heteroatoms. The molecule has 3 atom stereocenters. The smallest absolute Gasteiger partial charge is 0.312 e. The third-order valence-electron chi connectivity index (χ3n) is 2.66. The number of rotatable bonds is 7. The topological polar surface area (TPSA) is 104 Å². The summed E-state index contributed by atoms with van der Waals surface area (Å²) in [4.78, 5) is 22.8. The van der Waals surface area contributed by atoms with Gasteiger partial charge in [-0.2, -0.15) is 11.8 Å². The third kappa shape index (κ3) is 5.59. The monoisotopic (exact) mass is 277 g/mol. The van der Waals surface area contributed by atoms with Gasteiger partial charge in [-0.15, -0.1) is 0 Å². The SMILES string of the molecule is CSC(CO)C(C)NC(=O)C(NC(N)=O)C(C)C. The molecule has 3 amide bonds. The molecule has 6 nitrogen and oxygen atoms in total. The number of carbonyl (C=O) groups excluding carboxylic acids is 2. The van der Waals surface area contributed by atoms with Crippen molar-refractivity contribution in [2.24, 2.45) is 11.7 Å². The molecule has 0 aromatic carbocycles. The Morgan fingerprint density at radius 3 is 2.17 bits per heavy atom. The molecule has 0 aliphatic rings. The number of aliphatic hydroxyl groups excluding tert-OH is 1. The molecule has 0 bridgehead atoms. The van der Waals surface area contributed by atoms with Gasteiger partial charge in [-0.3, -0.25) is 4.79 Å². The molecule has 0 saturated carbocycles. The van der Waals surface area contributed by atoms with E-state index in [1.165, 1.54) is 11.8 Å². The van der Waals surface area contributed by atoms with Gasteiger partial charge < -0.3 is 21.5 Å². The van der Waals surface area contributed by atoms with Gasteiger partial charge in [0, 0.05) is 11.3 Å². The number of thioether (sulfide) groups is 1. The van der Waals surface area contributed by atoms with Crippen molar-refractivity contribution < 1.29 is 14.7 Å². The minimum absolute atomic E-state index is 0.0157. The van der Waals surface area contributed by atoms with Gasteiger partial charge in [-0.25, -0.2) is 4.79 Å². The fraction of sp³-hybridized carbons (Fsp3) is 0.818. The van der Waals surface area contributed by atoms with Crippen LogP contribution in [0.5, 0.6) is 0 Å². The van der Waals surface area contributed by atoms with Crippen molar-refractivity contribution in [1.82, 2.24) is 10.6 Å². The number of nitrogens with two attached hydrogens (primary N) is 1. The Hall–Kier alpha value is -0.950. The Kier molecular flexibility index (Phi) is 7.77. The van der Waals surface area contributed by atoms with Gasteiger partial charge in [0.05, 0.1) is 6.61 Å². The van der Waals surface area contributed by atoms with Crippen molar-refractivity contribution in [3.05, 3.63) is 0 Å². The molecular weight excluding hydrogens is 254 g/mol. The summed E-state index contributed by atoms with van der Waals surface area (Å²) in [5, 5.41) is 14.3. The lowest BCUT2D eigenvalue weighted by Crippen LogP contribution is -2.54. The quantitative estimate of drug-likeness (QED) is 0.522. The second kappa shape index (κ2) is 8.20. The summed E-state index contributed by atoms with van der Waals surface area (Å²) in [5.74, 6) is -0.352. The van der Waals surface area contributed by atoms with Crippen LogP contribution in [-0.2, 0) is 4.79 Å². The zero-order valence-electron chi connectivity index (χ0n) is 11.3. The number of aliphatic hydroxyl groups is 1. The number of primary amides is 1. The van der Waals surface area contributed by atoms with E-state index in [0.29, 0.717) is 0 Å². The lowest BCUT2D eigenvalue weighted by atomic mass is 10.0. The number of amides is 3. The first-order valence-corrected chi connectivity index (χ1v) is 7.12. The lowest BCUT2D eigenvalue weighted by Gasteiger charge is -2.26. The Balaban J connectivity index is 4.55. The van der Waals surface area contributed by atoms with Crippen LogP contribution in [0.15, 0.2) is 0 Å². The normalized spacial score (nSPS) is 15.9. The van der Waals surface area contributed by atoms with Crippen LogP contribution in [0.4, 0.5) is 4.79 Å². The molecule has 0 rings (SSSR count). The largest absolute Gasteiger partial charge is 0.395 e. The van der Waals surface area contributed by atoms with Gasteiger partial charge in [0.2, 0.25) is 5.91 Å². The minimum atomic E-state index is -0.722. The summed E-state index contributed by atoms with van der Waals surface area (Å²) in [7, 11) is 0. The van der Waals surface area contributed by atoms with Crippen LogP contribution in [0.2, 0.25) is 0 Å². The standard InChI is InChI=1S/C11H23N3O3S/c1-6(2)9(14-11(12)17)10(16)13-7(3)8(5-15)18-4/h6-9,15H,5H2,1-4H3,(H,13,16)(H3,12,14,17). The maximum absolute atomic E-state index is 12.0. The van der Waals surface area contributed by atoms with E-state index in [-0.39, 0.29) is 29.7 Å². The van der Waals surface area contributed by atoms with Crippen LogP contribution >= 0.6 is 11.8 Å². The number of urea groups is 1. The van der Waals surface area contributed by atoms with E-state index in [0.717, 1.165) is 0 Å². The van der Waals surface area contributed by atoms with Crippen molar-refractivity contribution in [3.63, 3.8) is 0 Å². The Labute approximate surface area is 112 Å². The third-order valence-corrected chi connectivity index (χ3v) is 3.82. The molecule has 0 heterocycles. The first-order chi connectivity index (χ1) is 8.33. The van der Waals surface area contributed by atoms with Crippen molar-refractivity contribution in [2.45, 2.75) is 38.1 Å². The van der Waals surface area contributed by atoms with Crippen LogP contribution in [-0.4, -0.2) is 47.2 Å². The van der Waals surface area contributed by atoms with Crippen LogP contribution < -0.4 is 16.4 Å². The zero-order valence-corrected chi connectivity index (χ0v) is 12.1. The average Bonchev–Trinajstić information content (AvgIpc) is 2.26. The van der Waals surface area contributed by atoms with Crippen LogP contribution in [0, 0.1) is 5.92 Å². The zero-order chi connectivity index (χ0) is 14.3. The van der Waals surface area contributed by atoms with E-state index >= 15 is 0 Å². The summed E-state index contributed by atoms with van der Waals surface area (Å²) < 4.78 is 0. The molecule has 0 fully saturated rings. The maximum atomic E-state index is 12.0. The molecular formula is C11H23N3O3S. The summed E-state index contributed by atoms with van der Waals surface area (Å²) in [6.07, 6.45) is 1.87. The molecule has 0 spiro atoms. The molecule has 18 heavy (non-hydrogen) atoms. The highest BCUT2D eigenvalue weighted by atomic mass is 32.2.